The molecule has 1 saturated heterocycles. The molecule has 1 aromatic rings. The van der Waals surface area contributed by atoms with E-state index in [1.165, 1.54) is 19.3 Å². The van der Waals surface area contributed by atoms with Gasteiger partial charge in [-0.1, -0.05) is 6.42 Å². The van der Waals surface area contributed by atoms with E-state index in [1.54, 1.807) is 0 Å². The molecule has 3 aliphatic rings. The van der Waals surface area contributed by atoms with Gasteiger partial charge in [0.2, 0.25) is 5.91 Å². The van der Waals surface area contributed by atoms with Gasteiger partial charge in [-0.3, -0.25) is 9.48 Å². The van der Waals surface area contributed by atoms with Crippen LogP contribution in [0.3, 0.4) is 0 Å². The van der Waals surface area contributed by atoms with Crippen LogP contribution in [0.4, 0.5) is 0 Å². The summed E-state index contributed by atoms with van der Waals surface area (Å²) < 4.78 is 2.03. The van der Waals surface area contributed by atoms with Crippen molar-refractivity contribution in [2.75, 3.05) is 13.1 Å². The van der Waals surface area contributed by atoms with Crippen molar-refractivity contribution >= 4 is 5.91 Å². The molecule has 4 heteroatoms. The van der Waals surface area contributed by atoms with E-state index in [0.29, 0.717) is 23.8 Å². The van der Waals surface area contributed by atoms with Gasteiger partial charge in [0.15, 0.2) is 0 Å². The first kappa shape index (κ1) is 12.4. The highest BCUT2D eigenvalue weighted by molar-refractivity contribution is 5.79. The number of amides is 1. The van der Waals surface area contributed by atoms with Crippen LogP contribution in [0.15, 0.2) is 18.5 Å². The molecule has 1 aliphatic heterocycles. The minimum atomic E-state index is 0.338. The van der Waals surface area contributed by atoms with Gasteiger partial charge in [0, 0.05) is 31.4 Å². The van der Waals surface area contributed by atoms with Crippen LogP contribution in [0, 0.1) is 17.8 Å². The zero-order valence-electron chi connectivity index (χ0n) is 11.9. The summed E-state index contributed by atoms with van der Waals surface area (Å²) in [6.45, 7) is 1.80. The monoisotopic (exact) mass is 273 g/mol. The van der Waals surface area contributed by atoms with Crippen molar-refractivity contribution < 1.29 is 4.79 Å². The van der Waals surface area contributed by atoms with E-state index in [1.807, 2.05) is 23.1 Å². The van der Waals surface area contributed by atoms with Crippen molar-refractivity contribution in [3.05, 3.63) is 18.5 Å². The first-order valence-corrected chi connectivity index (χ1v) is 8.09. The fraction of sp³-hybridized carbons (Fsp3) is 0.750. The van der Waals surface area contributed by atoms with Crippen molar-refractivity contribution in [1.82, 2.24) is 14.7 Å². The molecule has 4 rings (SSSR count). The van der Waals surface area contributed by atoms with E-state index in [0.717, 1.165) is 38.3 Å². The Morgan fingerprint density at radius 2 is 2.15 bits per heavy atom. The van der Waals surface area contributed by atoms with Crippen LogP contribution in [-0.2, 0) is 4.79 Å². The molecule has 4 atom stereocenters. The summed E-state index contributed by atoms with van der Waals surface area (Å²) in [7, 11) is 0. The lowest BCUT2D eigenvalue weighted by molar-refractivity contribution is -0.139. The number of carbonyl (C=O) groups excluding carboxylic acids is 1. The molecule has 4 nitrogen and oxygen atoms in total. The molecule has 3 fully saturated rings. The average Bonchev–Trinajstić information content (AvgIpc) is 3.23. The van der Waals surface area contributed by atoms with Gasteiger partial charge in [0.1, 0.15) is 0 Å². The SMILES string of the molecule is O=C([C@@H]1C[C@H]2CC[C@H]1C2)N1CCC[C@H](n2cccn2)C1. The van der Waals surface area contributed by atoms with E-state index in [-0.39, 0.29) is 0 Å². The number of carbonyl (C=O) groups is 1. The molecule has 2 aliphatic carbocycles. The van der Waals surface area contributed by atoms with Gasteiger partial charge in [-0.25, -0.2) is 0 Å². The number of nitrogens with zero attached hydrogens (tertiary/aromatic N) is 3. The Hall–Kier alpha value is -1.32. The van der Waals surface area contributed by atoms with Crippen LogP contribution in [0.25, 0.3) is 0 Å². The molecule has 20 heavy (non-hydrogen) atoms. The molecule has 0 aromatic carbocycles. The molecule has 2 bridgehead atoms. The van der Waals surface area contributed by atoms with Crippen molar-refractivity contribution in [2.45, 2.75) is 44.6 Å². The number of fused-ring (bicyclic) bond motifs is 2. The lowest BCUT2D eigenvalue weighted by atomic mass is 9.87. The van der Waals surface area contributed by atoms with Crippen LogP contribution < -0.4 is 0 Å². The van der Waals surface area contributed by atoms with Gasteiger partial charge in [0.25, 0.3) is 0 Å². The summed E-state index contributed by atoms with van der Waals surface area (Å²) in [6, 6.07) is 2.35. The number of hydrogen-bond acceptors (Lipinski definition) is 2. The maximum atomic E-state index is 12.8. The molecule has 108 valence electrons. The van der Waals surface area contributed by atoms with Crippen LogP contribution in [0.2, 0.25) is 0 Å². The lowest BCUT2D eigenvalue weighted by Gasteiger charge is -2.36. The lowest BCUT2D eigenvalue weighted by Crippen LogP contribution is -2.44. The highest BCUT2D eigenvalue weighted by Gasteiger charge is 2.44. The van der Waals surface area contributed by atoms with E-state index in [2.05, 4.69) is 10.00 Å². The summed E-state index contributed by atoms with van der Waals surface area (Å²) in [4.78, 5) is 14.9. The van der Waals surface area contributed by atoms with Gasteiger partial charge in [-0.15, -0.1) is 0 Å². The van der Waals surface area contributed by atoms with Crippen molar-refractivity contribution in [3.63, 3.8) is 0 Å². The van der Waals surface area contributed by atoms with Crippen LogP contribution in [-0.4, -0.2) is 33.7 Å². The highest BCUT2D eigenvalue weighted by Crippen LogP contribution is 2.49. The van der Waals surface area contributed by atoms with Crippen LogP contribution in [0.1, 0.15) is 44.6 Å². The second-order valence-electron chi connectivity index (χ2n) is 6.85. The molecule has 1 aromatic heterocycles. The molecule has 0 unspecified atom stereocenters. The number of aromatic nitrogens is 2. The minimum Gasteiger partial charge on any atom is -0.340 e. The van der Waals surface area contributed by atoms with Crippen LogP contribution in [0.5, 0.6) is 0 Å². The third kappa shape index (κ3) is 2.05. The average molecular weight is 273 g/mol. The zero-order chi connectivity index (χ0) is 13.5. The number of likely N-dealkylation sites (tertiary alicyclic amines) is 1. The standard InChI is InChI=1S/C16H23N3O/c20-16(15-10-12-4-5-13(15)9-12)18-7-1-3-14(11-18)19-8-2-6-17-19/h2,6,8,12-15H,1,3-5,7,9-11H2/t12-,13-,14-,15+/m0/s1. The zero-order valence-corrected chi connectivity index (χ0v) is 11.9. The summed E-state index contributed by atoms with van der Waals surface area (Å²) in [6.07, 6.45) is 11.2. The topological polar surface area (TPSA) is 38.1 Å². The fourth-order valence-corrected chi connectivity index (χ4v) is 4.65. The fourth-order valence-electron chi connectivity index (χ4n) is 4.65. The molecule has 0 N–H and O–H groups in total. The molecule has 1 amide bonds. The van der Waals surface area contributed by atoms with Crippen molar-refractivity contribution in [1.29, 1.82) is 0 Å². The smallest absolute Gasteiger partial charge is 0.226 e. The largest absolute Gasteiger partial charge is 0.340 e. The van der Waals surface area contributed by atoms with E-state index in [9.17, 15) is 4.79 Å². The minimum absolute atomic E-state index is 0.338. The van der Waals surface area contributed by atoms with Crippen LogP contribution >= 0.6 is 0 Å². The van der Waals surface area contributed by atoms with Crippen molar-refractivity contribution in [3.8, 4) is 0 Å². The maximum absolute atomic E-state index is 12.8. The van der Waals surface area contributed by atoms with Crippen molar-refractivity contribution in [2.24, 2.45) is 17.8 Å². The molecule has 0 spiro atoms. The molecular formula is C16H23N3O. The number of rotatable bonds is 2. The Kier molecular flexibility index (Phi) is 3.04. The second-order valence-corrected chi connectivity index (χ2v) is 6.85. The van der Waals surface area contributed by atoms with E-state index < -0.39 is 0 Å². The van der Waals surface area contributed by atoms with E-state index >= 15 is 0 Å². The van der Waals surface area contributed by atoms with E-state index in [4.69, 9.17) is 0 Å². The molecule has 2 saturated carbocycles. The number of piperidine rings is 1. The maximum Gasteiger partial charge on any atom is 0.226 e. The Balaban J connectivity index is 1.44. The summed E-state index contributed by atoms with van der Waals surface area (Å²) in [5, 5.41) is 4.35. The first-order valence-electron chi connectivity index (χ1n) is 8.09. The summed E-state index contributed by atoms with van der Waals surface area (Å²) >= 11 is 0. The molecular weight excluding hydrogens is 250 g/mol. The number of hydrogen-bond donors (Lipinski definition) is 0. The molecule has 0 radical (unpaired) electrons. The predicted octanol–water partition coefficient (Wildman–Crippen LogP) is 2.48. The Morgan fingerprint density at radius 1 is 1.20 bits per heavy atom. The summed E-state index contributed by atoms with van der Waals surface area (Å²) in [5.74, 6) is 2.32. The first-order chi connectivity index (χ1) is 9.81. The third-order valence-corrected chi connectivity index (χ3v) is 5.66. The predicted molar refractivity (Wildman–Crippen MR) is 76.0 cm³/mol. The summed E-state index contributed by atoms with van der Waals surface area (Å²) in [5.41, 5.74) is 0. The normalized spacial score (nSPS) is 36.5. The third-order valence-electron chi connectivity index (χ3n) is 5.66. The Morgan fingerprint density at radius 3 is 2.85 bits per heavy atom. The van der Waals surface area contributed by atoms with Gasteiger partial charge in [-0.05, 0) is 50.0 Å². The van der Waals surface area contributed by atoms with Gasteiger partial charge in [0.05, 0.1) is 6.04 Å². The Bertz CT molecular complexity index is 484. The van der Waals surface area contributed by atoms with Gasteiger partial charge in [-0.2, -0.15) is 5.10 Å². The van der Waals surface area contributed by atoms with Gasteiger partial charge >= 0.3 is 0 Å². The highest BCUT2D eigenvalue weighted by atomic mass is 16.2. The quantitative estimate of drug-likeness (QED) is 0.830. The van der Waals surface area contributed by atoms with Gasteiger partial charge < -0.3 is 4.90 Å². The Labute approximate surface area is 120 Å². The molecule has 2 heterocycles. The second kappa shape index (κ2) is 4.90.